The van der Waals surface area contributed by atoms with Crippen LogP contribution in [0.5, 0.6) is 0 Å². The van der Waals surface area contributed by atoms with Crippen molar-refractivity contribution in [1.29, 1.82) is 0 Å². The summed E-state index contributed by atoms with van der Waals surface area (Å²) in [4.78, 5) is 23.2. The molecular formula is C20H37ClO4. The van der Waals surface area contributed by atoms with Crippen molar-refractivity contribution < 1.29 is 19.1 Å². The van der Waals surface area contributed by atoms with Gasteiger partial charge in [-0.25, -0.2) is 0 Å². The summed E-state index contributed by atoms with van der Waals surface area (Å²) in [7, 11) is 0. The number of ether oxygens (including phenoxy) is 2. The maximum absolute atomic E-state index is 11.6. The Morgan fingerprint density at radius 3 is 1.84 bits per heavy atom. The molecule has 0 radical (unpaired) electrons. The summed E-state index contributed by atoms with van der Waals surface area (Å²) in [6.45, 7) is 6.39. The third-order valence-corrected chi connectivity index (χ3v) is 4.58. The normalized spacial score (nSPS) is 12.2. The lowest BCUT2D eigenvalue weighted by atomic mass is 10.1. The molecule has 0 heterocycles. The van der Waals surface area contributed by atoms with E-state index in [-0.39, 0.29) is 30.9 Å². The molecule has 0 rings (SSSR count). The highest BCUT2D eigenvalue weighted by atomic mass is 35.5. The van der Waals surface area contributed by atoms with Gasteiger partial charge in [0.15, 0.2) is 0 Å². The van der Waals surface area contributed by atoms with E-state index in [1.165, 1.54) is 32.1 Å². The average Bonchev–Trinajstić information content (AvgIpc) is 2.56. The third kappa shape index (κ3) is 16.4. The number of carbonyl (C=O) groups is 2. The Balaban J connectivity index is 3.40. The molecule has 1 unspecified atom stereocenters. The highest BCUT2D eigenvalue weighted by molar-refractivity contribution is 6.17. The van der Waals surface area contributed by atoms with Gasteiger partial charge in [-0.2, -0.15) is 0 Å². The highest BCUT2D eigenvalue weighted by Crippen LogP contribution is 2.10. The fourth-order valence-corrected chi connectivity index (χ4v) is 2.48. The number of hydrogen-bond donors (Lipinski definition) is 0. The summed E-state index contributed by atoms with van der Waals surface area (Å²) in [5.74, 6) is 0.620. The van der Waals surface area contributed by atoms with E-state index in [1.807, 2.05) is 20.8 Å². The fourth-order valence-electron chi connectivity index (χ4n) is 2.29. The zero-order valence-corrected chi connectivity index (χ0v) is 17.1. The van der Waals surface area contributed by atoms with Crippen LogP contribution in [0.1, 0.15) is 91.4 Å². The standard InChI is InChI=1S/C20H37ClO4/c1-17(2)18(3)25-20(23)14-12-13-19(22)24-16-11-9-7-5-4-6-8-10-15-21/h17-18H,4-16H2,1-3H3. The first-order valence-corrected chi connectivity index (χ1v) is 10.4. The SMILES string of the molecule is CC(C)C(C)OC(=O)CCCC(=O)OCCCCCCCCCCCl. The van der Waals surface area contributed by atoms with Gasteiger partial charge in [-0.3, -0.25) is 9.59 Å². The molecule has 0 fully saturated rings. The van der Waals surface area contributed by atoms with E-state index in [0.717, 1.165) is 25.1 Å². The molecule has 0 spiro atoms. The molecule has 0 saturated heterocycles. The summed E-state index contributed by atoms with van der Waals surface area (Å²) < 4.78 is 10.5. The van der Waals surface area contributed by atoms with Crippen LogP contribution in [0.3, 0.4) is 0 Å². The highest BCUT2D eigenvalue weighted by Gasteiger charge is 2.13. The van der Waals surface area contributed by atoms with Gasteiger partial charge in [-0.05, 0) is 32.1 Å². The van der Waals surface area contributed by atoms with Crippen molar-refractivity contribution in [3.8, 4) is 0 Å². The second-order valence-corrected chi connectivity index (χ2v) is 7.41. The van der Waals surface area contributed by atoms with Gasteiger partial charge in [0.05, 0.1) is 6.61 Å². The van der Waals surface area contributed by atoms with E-state index in [0.29, 0.717) is 18.9 Å². The lowest BCUT2D eigenvalue weighted by molar-refractivity contribution is -0.150. The van der Waals surface area contributed by atoms with Crippen molar-refractivity contribution in [2.75, 3.05) is 12.5 Å². The van der Waals surface area contributed by atoms with E-state index in [2.05, 4.69) is 0 Å². The molecule has 4 nitrogen and oxygen atoms in total. The summed E-state index contributed by atoms with van der Waals surface area (Å²) >= 11 is 5.64. The summed E-state index contributed by atoms with van der Waals surface area (Å²) in [6, 6.07) is 0. The van der Waals surface area contributed by atoms with E-state index >= 15 is 0 Å². The Hall–Kier alpha value is -0.770. The molecule has 148 valence electrons. The predicted molar refractivity (Wildman–Crippen MR) is 103 cm³/mol. The fraction of sp³-hybridized carbons (Fsp3) is 0.900. The molecular weight excluding hydrogens is 340 g/mol. The second-order valence-electron chi connectivity index (χ2n) is 7.03. The molecule has 0 aliphatic rings. The number of esters is 2. The van der Waals surface area contributed by atoms with Crippen LogP contribution in [0.25, 0.3) is 0 Å². The summed E-state index contributed by atoms with van der Waals surface area (Å²) in [5.41, 5.74) is 0. The van der Waals surface area contributed by atoms with E-state index < -0.39 is 0 Å². The first-order valence-electron chi connectivity index (χ1n) is 9.88. The molecule has 0 aliphatic carbocycles. The van der Waals surface area contributed by atoms with Gasteiger partial charge < -0.3 is 9.47 Å². The molecule has 1 atom stereocenters. The number of carbonyl (C=O) groups excluding carboxylic acids is 2. The van der Waals surface area contributed by atoms with Crippen molar-refractivity contribution in [3.63, 3.8) is 0 Å². The van der Waals surface area contributed by atoms with Crippen LogP contribution >= 0.6 is 11.6 Å². The zero-order chi connectivity index (χ0) is 18.9. The van der Waals surface area contributed by atoms with Crippen LogP contribution in [-0.2, 0) is 19.1 Å². The van der Waals surface area contributed by atoms with Crippen molar-refractivity contribution >= 4 is 23.5 Å². The Morgan fingerprint density at radius 1 is 0.760 bits per heavy atom. The minimum absolute atomic E-state index is 0.0835. The molecule has 0 saturated carbocycles. The minimum atomic E-state index is -0.236. The van der Waals surface area contributed by atoms with Crippen molar-refractivity contribution in [2.45, 2.75) is 97.5 Å². The Labute approximate surface area is 159 Å². The molecule has 0 amide bonds. The van der Waals surface area contributed by atoms with Crippen LogP contribution in [-0.4, -0.2) is 30.5 Å². The molecule has 0 aliphatic heterocycles. The number of alkyl halides is 1. The van der Waals surface area contributed by atoms with Crippen LogP contribution < -0.4 is 0 Å². The molecule has 0 aromatic rings. The van der Waals surface area contributed by atoms with Gasteiger partial charge in [0.2, 0.25) is 0 Å². The maximum atomic E-state index is 11.6. The Morgan fingerprint density at radius 2 is 1.28 bits per heavy atom. The van der Waals surface area contributed by atoms with Crippen molar-refractivity contribution in [3.05, 3.63) is 0 Å². The Bertz CT molecular complexity index is 345. The minimum Gasteiger partial charge on any atom is -0.466 e. The molecule has 0 aromatic heterocycles. The maximum Gasteiger partial charge on any atom is 0.306 e. The van der Waals surface area contributed by atoms with E-state index in [1.54, 1.807) is 0 Å². The molecule has 0 N–H and O–H groups in total. The van der Waals surface area contributed by atoms with Crippen LogP contribution in [0, 0.1) is 5.92 Å². The van der Waals surface area contributed by atoms with E-state index in [9.17, 15) is 9.59 Å². The molecule has 5 heteroatoms. The molecule has 25 heavy (non-hydrogen) atoms. The Kier molecular flexibility index (Phi) is 16.2. The number of unbranched alkanes of at least 4 members (excludes halogenated alkanes) is 7. The first-order chi connectivity index (χ1) is 12.0. The van der Waals surface area contributed by atoms with Gasteiger partial charge in [0.25, 0.3) is 0 Å². The largest absolute Gasteiger partial charge is 0.466 e. The lowest BCUT2D eigenvalue weighted by Crippen LogP contribution is -2.20. The smallest absolute Gasteiger partial charge is 0.306 e. The first kappa shape index (κ1) is 24.2. The van der Waals surface area contributed by atoms with Gasteiger partial charge in [-0.1, -0.05) is 52.4 Å². The van der Waals surface area contributed by atoms with Gasteiger partial charge >= 0.3 is 11.9 Å². The lowest BCUT2D eigenvalue weighted by Gasteiger charge is -2.16. The topological polar surface area (TPSA) is 52.6 Å². The third-order valence-electron chi connectivity index (χ3n) is 4.31. The summed E-state index contributed by atoms with van der Waals surface area (Å²) in [6.07, 6.45) is 10.3. The quantitative estimate of drug-likeness (QED) is 0.198. The van der Waals surface area contributed by atoms with Gasteiger partial charge in [0, 0.05) is 18.7 Å². The van der Waals surface area contributed by atoms with Crippen LogP contribution in [0.4, 0.5) is 0 Å². The van der Waals surface area contributed by atoms with Crippen LogP contribution in [0.2, 0.25) is 0 Å². The second kappa shape index (κ2) is 16.7. The predicted octanol–water partition coefficient (Wildman–Crippen LogP) is 5.65. The molecule has 0 bridgehead atoms. The molecule has 0 aromatic carbocycles. The van der Waals surface area contributed by atoms with Crippen LogP contribution in [0.15, 0.2) is 0 Å². The number of halogens is 1. The van der Waals surface area contributed by atoms with E-state index in [4.69, 9.17) is 21.1 Å². The average molecular weight is 377 g/mol. The van der Waals surface area contributed by atoms with Crippen molar-refractivity contribution in [2.24, 2.45) is 5.92 Å². The van der Waals surface area contributed by atoms with Crippen molar-refractivity contribution in [1.82, 2.24) is 0 Å². The number of rotatable bonds is 16. The number of hydrogen-bond acceptors (Lipinski definition) is 4. The summed E-state index contributed by atoms with van der Waals surface area (Å²) in [5, 5.41) is 0. The zero-order valence-electron chi connectivity index (χ0n) is 16.4. The van der Waals surface area contributed by atoms with Gasteiger partial charge in [0.1, 0.15) is 6.10 Å². The van der Waals surface area contributed by atoms with Gasteiger partial charge in [-0.15, -0.1) is 11.6 Å². The monoisotopic (exact) mass is 376 g/mol.